The first-order valence-electron chi connectivity index (χ1n) is 15.6. The predicted octanol–water partition coefficient (Wildman–Crippen LogP) is 5.77. The zero-order valence-electron chi connectivity index (χ0n) is 25.4. The lowest BCUT2D eigenvalue weighted by Crippen LogP contribution is -2.48. The number of carbonyl (C=O) groups is 2. The van der Waals surface area contributed by atoms with Gasteiger partial charge < -0.3 is 24.4 Å². The molecule has 3 saturated heterocycles. The van der Waals surface area contributed by atoms with E-state index in [1.54, 1.807) is 18.2 Å². The smallest absolute Gasteiger partial charge is 0.341 e. The Kier molecular flexibility index (Phi) is 9.87. The number of benzene rings is 2. The van der Waals surface area contributed by atoms with E-state index in [2.05, 4.69) is 16.0 Å². The molecule has 0 spiro atoms. The van der Waals surface area contributed by atoms with Gasteiger partial charge in [-0.15, -0.1) is 0 Å². The summed E-state index contributed by atoms with van der Waals surface area (Å²) in [5, 5.41) is 9.63. The molecule has 1 atom stereocenters. The normalized spacial score (nSPS) is 20.1. The minimum atomic E-state index is -1.01. The highest BCUT2D eigenvalue weighted by Crippen LogP contribution is 2.38. The second-order valence-electron chi connectivity index (χ2n) is 12.0. The fourth-order valence-corrected chi connectivity index (χ4v) is 7.32. The van der Waals surface area contributed by atoms with E-state index in [4.69, 9.17) is 14.6 Å². The average molecular weight is 635 g/mol. The van der Waals surface area contributed by atoms with Crippen molar-refractivity contribution in [1.29, 1.82) is 0 Å². The van der Waals surface area contributed by atoms with Crippen molar-refractivity contribution in [2.45, 2.75) is 67.2 Å². The lowest BCUT2D eigenvalue weighted by molar-refractivity contribution is -0.139. The molecule has 6 rings (SSSR count). The van der Waals surface area contributed by atoms with Gasteiger partial charge in [-0.25, -0.2) is 19.0 Å². The van der Waals surface area contributed by atoms with Crippen LogP contribution < -0.4 is 4.74 Å². The van der Waals surface area contributed by atoms with Crippen molar-refractivity contribution in [3.8, 4) is 5.75 Å². The molecule has 4 heterocycles. The first-order valence-corrected chi connectivity index (χ1v) is 16.4. The van der Waals surface area contributed by atoms with E-state index in [1.165, 1.54) is 17.8 Å². The molecule has 11 heteroatoms. The number of hydrogen-bond donors (Lipinski definition) is 1. The molecule has 2 aromatic carbocycles. The number of amides is 2. The molecule has 3 fully saturated rings. The van der Waals surface area contributed by atoms with Gasteiger partial charge in [0.15, 0.2) is 6.61 Å². The maximum absolute atomic E-state index is 15.2. The fraction of sp³-hybridized carbons (Fsp3) is 0.441. The number of likely N-dealkylation sites (tertiary alicyclic amines) is 1. The molecule has 1 unspecified atom stereocenters. The lowest BCUT2D eigenvalue weighted by Gasteiger charge is -2.39. The Balaban J connectivity index is 1.06. The molecule has 0 saturated carbocycles. The Morgan fingerprint density at radius 2 is 1.80 bits per heavy atom. The number of aromatic nitrogens is 1. The van der Waals surface area contributed by atoms with E-state index < -0.39 is 5.97 Å². The minimum absolute atomic E-state index is 0.0333. The van der Waals surface area contributed by atoms with Crippen LogP contribution in [-0.4, -0.2) is 88.3 Å². The van der Waals surface area contributed by atoms with E-state index >= 15 is 4.39 Å². The molecule has 0 radical (unpaired) electrons. The summed E-state index contributed by atoms with van der Waals surface area (Å²) in [6.07, 6.45) is 5.23. The van der Waals surface area contributed by atoms with Crippen LogP contribution in [-0.2, 0) is 16.1 Å². The number of carboxylic acid groups (broad SMARTS) is 1. The third-order valence-electron chi connectivity index (χ3n) is 8.88. The number of nitrogens with zero attached hydrogens (tertiary/aromatic N) is 4. The van der Waals surface area contributed by atoms with Gasteiger partial charge in [0, 0.05) is 68.1 Å². The largest absolute Gasteiger partial charge is 0.482 e. The second-order valence-corrected chi connectivity index (χ2v) is 13.1. The number of hydrogen-bond acceptors (Lipinski definition) is 7. The van der Waals surface area contributed by atoms with Crippen molar-refractivity contribution in [3.05, 3.63) is 83.3 Å². The first-order chi connectivity index (χ1) is 21.8. The molecule has 0 bridgehead atoms. The van der Waals surface area contributed by atoms with Crippen LogP contribution in [0, 0.1) is 12.7 Å². The SMILES string of the molecule is Cc1ccc(F)c(C2CN(C3CCOCC3)C(=O)N2C2CCN(Cc3ccc(Sc4ccc(OCC(=O)O)cc4)nc3)CC2)c1. The predicted molar refractivity (Wildman–Crippen MR) is 168 cm³/mol. The third kappa shape index (κ3) is 7.59. The molecule has 3 aliphatic rings. The number of carboxylic acids is 1. The van der Waals surface area contributed by atoms with Gasteiger partial charge in [0.1, 0.15) is 16.6 Å². The summed E-state index contributed by atoms with van der Waals surface area (Å²) in [6, 6.07) is 16.5. The van der Waals surface area contributed by atoms with Crippen LogP contribution >= 0.6 is 11.8 Å². The average Bonchev–Trinajstić information content (AvgIpc) is 3.40. The fourth-order valence-electron chi connectivity index (χ4n) is 6.56. The van der Waals surface area contributed by atoms with Crippen LogP contribution in [0.3, 0.4) is 0 Å². The number of rotatable bonds is 10. The molecule has 1 aromatic heterocycles. The first kappa shape index (κ1) is 31.3. The van der Waals surface area contributed by atoms with Crippen molar-refractivity contribution in [3.63, 3.8) is 0 Å². The Morgan fingerprint density at radius 3 is 2.49 bits per heavy atom. The lowest BCUT2D eigenvalue weighted by atomic mass is 9.97. The van der Waals surface area contributed by atoms with Gasteiger partial charge >= 0.3 is 12.0 Å². The number of ether oxygens (including phenoxy) is 2. The highest BCUT2D eigenvalue weighted by molar-refractivity contribution is 7.99. The van der Waals surface area contributed by atoms with Gasteiger partial charge in [-0.2, -0.15) is 0 Å². The third-order valence-corrected chi connectivity index (χ3v) is 9.84. The van der Waals surface area contributed by atoms with Crippen LogP contribution in [0.25, 0.3) is 0 Å². The number of piperidine rings is 1. The van der Waals surface area contributed by atoms with Gasteiger partial charge in [-0.1, -0.05) is 35.5 Å². The standard InChI is InChI=1S/C34H39FN4O5S/c1-23-2-8-30(35)29(18-23)31-21-38(25-12-16-43-17-13-25)34(42)39(31)26-10-14-37(15-11-26)20-24-3-9-32(36-19-24)45-28-6-4-27(5-7-28)44-22-33(40)41/h2-9,18-19,25-26,31H,10-17,20-22H2,1H3,(H,40,41). The molecule has 3 aromatic rings. The van der Waals surface area contributed by atoms with Crippen molar-refractivity contribution < 1.29 is 28.6 Å². The Labute approximate surface area is 267 Å². The highest BCUT2D eigenvalue weighted by Gasteiger charge is 2.46. The van der Waals surface area contributed by atoms with Crippen molar-refractivity contribution in [1.82, 2.24) is 19.7 Å². The number of halogens is 1. The van der Waals surface area contributed by atoms with Crippen LogP contribution in [0.2, 0.25) is 0 Å². The van der Waals surface area contributed by atoms with E-state index in [0.717, 1.165) is 66.4 Å². The molecule has 238 valence electrons. The molecule has 45 heavy (non-hydrogen) atoms. The number of pyridine rings is 1. The summed E-state index contributed by atoms with van der Waals surface area (Å²) >= 11 is 1.53. The molecular weight excluding hydrogens is 595 g/mol. The van der Waals surface area contributed by atoms with E-state index in [0.29, 0.717) is 31.1 Å². The van der Waals surface area contributed by atoms with Gasteiger partial charge in [-0.05, 0) is 74.6 Å². The molecule has 2 amide bonds. The van der Waals surface area contributed by atoms with Crippen LogP contribution in [0.4, 0.5) is 9.18 Å². The second kappa shape index (κ2) is 14.2. The zero-order chi connectivity index (χ0) is 31.3. The van der Waals surface area contributed by atoms with Crippen LogP contribution in [0.5, 0.6) is 5.75 Å². The maximum Gasteiger partial charge on any atom is 0.341 e. The molecule has 9 nitrogen and oxygen atoms in total. The Hall–Kier alpha value is -3.67. The van der Waals surface area contributed by atoms with E-state index in [1.807, 2.05) is 47.2 Å². The summed E-state index contributed by atoms with van der Waals surface area (Å²) < 4.78 is 25.9. The monoisotopic (exact) mass is 634 g/mol. The van der Waals surface area contributed by atoms with Crippen LogP contribution in [0.15, 0.2) is 70.7 Å². The quantitative estimate of drug-likeness (QED) is 0.301. The summed E-state index contributed by atoms with van der Waals surface area (Å²) in [5.41, 5.74) is 2.74. The molecular formula is C34H39FN4O5S. The summed E-state index contributed by atoms with van der Waals surface area (Å²) in [4.78, 5) is 36.6. The summed E-state index contributed by atoms with van der Waals surface area (Å²) in [5.74, 6) is -0.743. The van der Waals surface area contributed by atoms with Crippen molar-refractivity contribution in [2.75, 3.05) is 39.5 Å². The molecule has 0 aliphatic carbocycles. The Bertz CT molecular complexity index is 1480. The number of aryl methyl sites for hydroxylation is 1. The number of aliphatic carboxylic acids is 1. The number of urea groups is 1. The zero-order valence-corrected chi connectivity index (χ0v) is 26.3. The van der Waals surface area contributed by atoms with Crippen molar-refractivity contribution in [2.24, 2.45) is 0 Å². The number of carbonyl (C=O) groups excluding carboxylic acids is 1. The van der Waals surface area contributed by atoms with E-state index in [-0.39, 0.29) is 36.6 Å². The minimum Gasteiger partial charge on any atom is -0.482 e. The van der Waals surface area contributed by atoms with Crippen molar-refractivity contribution >= 4 is 23.8 Å². The van der Waals surface area contributed by atoms with Gasteiger partial charge in [0.25, 0.3) is 0 Å². The van der Waals surface area contributed by atoms with Gasteiger partial charge in [0.2, 0.25) is 0 Å². The van der Waals surface area contributed by atoms with Gasteiger partial charge in [-0.3, -0.25) is 4.90 Å². The molecule has 1 N–H and O–H groups in total. The summed E-state index contributed by atoms with van der Waals surface area (Å²) in [7, 11) is 0. The highest BCUT2D eigenvalue weighted by atomic mass is 32.2. The maximum atomic E-state index is 15.2. The van der Waals surface area contributed by atoms with Crippen LogP contribution in [0.1, 0.15) is 48.4 Å². The van der Waals surface area contributed by atoms with E-state index in [9.17, 15) is 9.59 Å². The van der Waals surface area contributed by atoms with Gasteiger partial charge in [0.05, 0.1) is 6.04 Å². The summed E-state index contributed by atoms with van der Waals surface area (Å²) in [6.45, 7) is 5.90. The molecule has 3 aliphatic heterocycles. The topological polar surface area (TPSA) is 95.4 Å². The Morgan fingerprint density at radius 1 is 1.04 bits per heavy atom.